The summed E-state index contributed by atoms with van der Waals surface area (Å²) in [5.41, 5.74) is 0. The van der Waals surface area contributed by atoms with Crippen LogP contribution in [0.1, 0.15) is 0 Å². The third-order valence-corrected chi connectivity index (χ3v) is 3.74. The van der Waals surface area contributed by atoms with E-state index < -0.39 is 15.8 Å². The number of nitrogens with one attached hydrogen (secondary N) is 1. The summed E-state index contributed by atoms with van der Waals surface area (Å²) in [5, 5.41) is 0.164. The Hall–Kier alpha value is -1.66. The molecule has 0 aliphatic heterocycles. The van der Waals surface area contributed by atoms with Gasteiger partial charge in [0.1, 0.15) is 5.82 Å². The number of hydrogen-bond donors (Lipinski definition) is 1. The molecule has 1 aromatic carbocycles. The van der Waals surface area contributed by atoms with Gasteiger partial charge in [0.25, 0.3) is 10.0 Å². The minimum atomic E-state index is -3.90. The van der Waals surface area contributed by atoms with Gasteiger partial charge in [-0.1, -0.05) is 17.7 Å². The lowest BCUT2D eigenvalue weighted by atomic mass is 10.4. The van der Waals surface area contributed by atoms with E-state index in [9.17, 15) is 12.8 Å². The lowest BCUT2D eigenvalue weighted by molar-refractivity contribution is 0.595. The minimum Gasteiger partial charge on any atom is -0.262 e. The lowest BCUT2D eigenvalue weighted by Gasteiger charge is -2.08. The van der Waals surface area contributed by atoms with E-state index in [4.69, 9.17) is 11.6 Å². The highest BCUT2D eigenvalue weighted by Crippen LogP contribution is 2.21. The fourth-order valence-corrected chi connectivity index (χ4v) is 2.57. The van der Waals surface area contributed by atoms with Crippen molar-refractivity contribution in [3.8, 4) is 0 Å². The van der Waals surface area contributed by atoms with Gasteiger partial charge >= 0.3 is 0 Å². The van der Waals surface area contributed by atoms with Crippen molar-refractivity contribution in [2.45, 2.75) is 4.90 Å². The number of benzene rings is 1. The molecule has 0 amide bonds. The van der Waals surface area contributed by atoms with Gasteiger partial charge in [-0.3, -0.25) is 4.72 Å². The van der Waals surface area contributed by atoms with E-state index in [2.05, 4.69) is 9.71 Å². The summed E-state index contributed by atoms with van der Waals surface area (Å²) < 4.78 is 39.0. The molecule has 0 bridgehead atoms. The van der Waals surface area contributed by atoms with Gasteiger partial charge in [0, 0.05) is 6.20 Å². The van der Waals surface area contributed by atoms with Crippen LogP contribution in [-0.2, 0) is 10.0 Å². The number of aromatic nitrogens is 1. The van der Waals surface area contributed by atoms with E-state index in [-0.39, 0.29) is 15.7 Å². The molecule has 1 heterocycles. The van der Waals surface area contributed by atoms with Gasteiger partial charge in [-0.25, -0.2) is 17.8 Å². The van der Waals surface area contributed by atoms with Crippen molar-refractivity contribution in [2.24, 2.45) is 0 Å². The van der Waals surface area contributed by atoms with E-state index >= 15 is 0 Å². The zero-order valence-electron chi connectivity index (χ0n) is 8.97. The number of halogens is 2. The molecule has 1 N–H and O–H groups in total. The van der Waals surface area contributed by atoms with Crippen molar-refractivity contribution < 1.29 is 12.8 Å². The first-order valence-electron chi connectivity index (χ1n) is 4.88. The topological polar surface area (TPSA) is 59.1 Å². The molecule has 18 heavy (non-hydrogen) atoms. The lowest BCUT2D eigenvalue weighted by Crippen LogP contribution is -2.14. The molecule has 0 aliphatic rings. The molecule has 0 fully saturated rings. The number of pyridine rings is 1. The van der Waals surface area contributed by atoms with Crippen LogP contribution >= 0.6 is 11.6 Å². The fraction of sp³-hybridized carbons (Fsp3) is 0. The van der Waals surface area contributed by atoms with Crippen molar-refractivity contribution in [3.63, 3.8) is 0 Å². The van der Waals surface area contributed by atoms with E-state index in [1.807, 2.05) is 0 Å². The molecule has 0 spiro atoms. The summed E-state index contributed by atoms with van der Waals surface area (Å²) in [6.07, 6.45) is 1.40. The Morgan fingerprint density at radius 2 is 2.00 bits per heavy atom. The van der Waals surface area contributed by atoms with Crippen LogP contribution in [0.3, 0.4) is 0 Å². The molecular formula is C11H8ClFN2O2S. The van der Waals surface area contributed by atoms with Crippen LogP contribution in [-0.4, -0.2) is 13.4 Å². The fourth-order valence-electron chi connectivity index (χ4n) is 1.28. The van der Waals surface area contributed by atoms with Crippen LogP contribution < -0.4 is 4.72 Å². The molecule has 94 valence electrons. The number of hydrogen-bond acceptors (Lipinski definition) is 3. The second-order valence-corrected chi connectivity index (χ2v) is 5.49. The maximum Gasteiger partial charge on any atom is 0.263 e. The van der Waals surface area contributed by atoms with Gasteiger partial charge in [0.05, 0.1) is 9.92 Å². The molecule has 0 saturated carbocycles. The predicted octanol–water partition coefficient (Wildman–Crippen LogP) is 2.67. The minimum absolute atomic E-state index is 0.00317. The Morgan fingerprint density at radius 1 is 1.22 bits per heavy atom. The van der Waals surface area contributed by atoms with Crippen LogP contribution in [0.4, 0.5) is 10.2 Å². The summed E-state index contributed by atoms with van der Waals surface area (Å²) in [7, 11) is -3.90. The molecule has 2 rings (SSSR count). The van der Waals surface area contributed by atoms with Gasteiger partial charge in [-0.2, -0.15) is 0 Å². The average molecular weight is 287 g/mol. The zero-order valence-corrected chi connectivity index (χ0v) is 10.5. The molecular weight excluding hydrogens is 279 g/mol. The number of anilines is 1. The van der Waals surface area contributed by atoms with Gasteiger partial charge in [0.15, 0.2) is 5.82 Å². The summed E-state index contributed by atoms with van der Waals surface area (Å²) in [6.45, 7) is 0. The molecule has 0 atom stereocenters. The first-order valence-corrected chi connectivity index (χ1v) is 6.74. The van der Waals surface area contributed by atoms with Crippen LogP contribution in [0.15, 0.2) is 47.5 Å². The second kappa shape index (κ2) is 4.91. The second-order valence-electron chi connectivity index (χ2n) is 3.40. The van der Waals surface area contributed by atoms with Crippen molar-refractivity contribution in [1.29, 1.82) is 0 Å². The first-order chi connectivity index (χ1) is 8.49. The van der Waals surface area contributed by atoms with E-state index in [1.165, 1.54) is 24.4 Å². The highest BCUT2D eigenvalue weighted by molar-refractivity contribution is 7.92. The average Bonchev–Trinajstić information content (AvgIpc) is 2.32. The van der Waals surface area contributed by atoms with Crippen LogP contribution in [0.25, 0.3) is 0 Å². The largest absolute Gasteiger partial charge is 0.263 e. The molecule has 0 radical (unpaired) electrons. The Balaban J connectivity index is 2.37. The normalized spacial score (nSPS) is 11.2. The van der Waals surface area contributed by atoms with Crippen molar-refractivity contribution >= 4 is 27.4 Å². The molecule has 0 unspecified atom stereocenters. The van der Waals surface area contributed by atoms with E-state index in [0.29, 0.717) is 0 Å². The third kappa shape index (κ3) is 2.77. The molecule has 1 aromatic heterocycles. The maximum absolute atomic E-state index is 13.0. The van der Waals surface area contributed by atoms with E-state index in [0.717, 1.165) is 12.1 Å². The molecule has 0 aliphatic carbocycles. The summed E-state index contributed by atoms with van der Waals surface area (Å²) in [6, 6.07) is 7.73. The molecule has 4 nitrogen and oxygen atoms in total. The predicted molar refractivity (Wildman–Crippen MR) is 66.5 cm³/mol. The monoisotopic (exact) mass is 286 g/mol. The standard InChI is InChI=1S/C11H8ClFN2O2S/c12-10-5-2-6-14-11(10)15-18(16,17)9-4-1-3-8(13)7-9/h1-7H,(H,14,15). The van der Waals surface area contributed by atoms with Crippen LogP contribution in [0.2, 0.25) is 5.02 Å². The summed E-state index contributed by atoms with van der Waals surface area (Å²) in [5.74, 6) is -0.631. The van der Waals surface area contributed by atoms with E-state index in [1.54, 1.807) is 6.07 Å². The first kappa shape index (κ1) is 12.8. The van der Waals surface area contributed by atoms with Crippen LogP contribution in [0.5, 0.6) is 0 Å². The van der Waals surface area contributed by atoms with Gasteiger partial charge in [-0.15, -0.1) is 0 Å². The number of rotatable bonds is 3. The highest BCUT2D eigenvalue weighted by Gasteiger charge is 2.16. The summed E-state index contributed by atoms with van der Waals surface area (Å²) in [4.78, 5) is 3.60. The third-order valence-electron chi connectivity index (χ3n) is 2.10. The zero-order chi connectivity index (χ0) is 13.2. The van der Waals surface area contributed by atoms with Crippen molar-refractivity contribution in [3.05, 3.63) is 53.4 Å². The molecule has 0 saturated heterocycles. The Morgan fingerprint density at radius 3 is 2.67 bits per heavy atom. The Labute approximate surface area is 108 Å². The van der Waals surface area contributed by atoms with Gasteiger partial charge in [-0.05, 0) is 30.3 Å². The smallest absolute Gasteiger partial charge is 0.262 e. The van der Waals surface area contributed by atoms with Crippen molar-refractivity contribution in [1.82, 2.24) is 4.98 Å². The SMILES string of the molecule is O=S(=O)(Nc1ncccc1Cl)c1cccc(F)c1. The quantitative estimate of drug-likeness (QED) is 0.944. The van der Waals surface area contributed by atoms with Gasteiger partial charge in [0.2, 0.25) is 0 Å². The van der Waals surface area contributed by atoms with Gasteiger partial charge < -0.3 is 0 Å². The maximum atomic E-state index is 13.0. The highest BCUT2D eigenvalue weighted by atomic mass is 35.5. The number of sulfonamides is 1. The molecule has 2 aromatic rings. The van der Waals surface area contributed by atoms with Crippen molar-refractivity contribution in [2.75, 3.05) is 4.72 Å². The van der Waals surface area contributed by atoms with Crippen LogP contribution in [0, 0.1) is 5.82 Å². The number of nitrogens with zero attached hydrogens (tertiary/aromatic N) is 1. The molecule has 7 heteroatoms. The Bertz CT molecular complexity index is 676. The Kier molecular flexibility index (Phi) is 3.49. The summed E-state index contributed by atoms with van der Waals surface area (Å²) >= 11 is 5.79.